The first-order chi connectivity index (χ1) is 18.3. The zero-order chi connectivity index (χ0) is 27.2. The van der Waals surface area contributed by atoms with E-state index in [2.05, 4.69) is 5.32 Å². The normalized spacial score (nSPS) is 14.2. The van der Waals surface area contributed by atoms with Crippen molar-refractivity contribution < 1.29 is 28.2 Å². The molecular formula is C27H21Cl2FN2O5S. The average Bonchev–Trinajstić information content (AvgIpc) is 3.13. The summed E-state index contributed by atoms with van der Waals surface area (Å²) in [6, 6.07) is 16.2. The van der Waals surface area contributed by atoms with Crippen LogP contribution < -0.4 is 14.8 Å². The van der Waals surface area contributed by atoms with Gasteiger partial charge in [-0.1, -0.05) is 47.5 Å². The van der Waals surface area contributed by atoms with E-state index < -0.39 is 17.0 Å². The number of amides is 3. The highest BCUT2D eigenvalue weighted by atomic mass is 35.5. The minimum atomic E-state index is -0.610. The van der Waals surface area contributed by atoms with Gasteiger partial charge in [0.05, 0.1) is 23.1 Å². The van der Waals surface area contributed by atoms with Crippen molar-refractivity contribution >= 4 is 63.8 Å². The van der Waals surface area contributed by atoms with Gasteiger partial charge in [-0.15, -0.1) is 0 Å². The van der Waals surface area contributed by atoms with Crippen LogP contribution >= 0.6 is 35.0 Å². The van der Waals surface area contributed by atoms with Crippen LogP contribution in [-0.4, -0.2) is 35.2 Å². The molecule has 0 aromatic heterocycles. The van der Waals surface area contributed by atoms with Crippen molar-refractivity contribution in [3.8, 4) is 11.5 Å². The van der Waals surface area contributed by atoms with Crippen LogP contribution in [0.3, 0.4) is 0 Å². The second-order valence-electron chi connectivity index (χ2n) is 7.93. The van der Waals surface area contributed by atoms with E-state index in [0.717, 1.165) is 4.90 Å². The lowest BCUT2D eigenvalue weighted by Gasteiger charge is -2.15. The highest BCUT2D eigenvalue weighted by Crippen LogP contribution is 2.39. The number of nitrogens with zero attached hydrogens (tertiary/aromatic N) is 1. The lowest BCUT2D eigenvalue weighted by atomic mass is 10.1. The predicted molar refractivity (Wildman–Crippen MR) is 146 cm³/mol. The van der Waals surface area contributed by atoms with Crippen LogP contribution in [0.1, 0.15) is 18.1 Å². The summed E-state index contributed by atoms with van der Waals surface area (Å²) in [6.07, 6.45) is 1.48. The molecular weight excluding hydrogens is 554 g/mol. The van der Waals surface area contributed by atoms with Crippen molar-refractivity contribution in [3.63, 3.8) is 0 Å². The predicted octanol–water partition coefficient (Wildman–Crippen LogP) is 6.79. The Morgan fingerprint density at radius 3 is 2.53 bits per heavy atom. The second-order valence-corrected chi connectivity index (χ2v) is 9.74. The Balaban J connectivity index is 1.51. The number of hydrogen-bond donors (Lipinski definition) is 1. The molecule has 1 aliphatic rings. The number of carbonyl (C=O) groups excluding carboxylic acids is 3. The second kappa shape index (κ2) is 12.3. The topological polar surface area (TPSA) is 84.9 Å². The Morgan fingerprint density at radius 2 is 1.82 bits per heavy atom. The van der Waals surface area contributed by atoms with Crippen molar-refractivity contribution in [2.75, 3.05) is 18.5 Å². The summed E-state index contributed by atoms with van der Waals surface area (Å²) >= 11 is 13.2. The number of imide groups is 1. The largest absolute Gasteiger partial charge is 0.490 e. The molecule has 1 fully saturated rings. The summed E-state index contributed by atoms with van der Waals surface area (Å²) in [7, 11) is 0. The summed E-state index contributed by atoms with van der Waals surface area (Å²) in [5, 5.41) is 2.42. The van der Waals surface area contributed by atoms with E-state index in [0.29, 0.717) is 23.0 Å². The number of para-hydroxylation sites is 1. The molecule has 0 spiro atoms. The number of anilines is 1. The molecule has 0 aliphatic carbocycles. The molecule has 1 heterocycles. The number of carbonyl (C=O) groups is 3. The number of ether oxygens (including phenoxy) is 2. The van der Waals surface area contributed by atoms with Gasteiger partial charge in [0.15, 0.2) is 18.1 Å². The van der Waals surface area contributed by atoms with Gasteiger partial charge in [-0.05, 0) is 66.7 Å². The molecule has 0 radical (unpaired) electrons. The first kappa shape index (κ1) is 27.5. The molecule has 1 aliphatic heterocycles. The van der Waals surface area contributed by atoms with Crippen LogP contribution in [0.4, 0.5) is 14.9 Å². The number of benzene rings is 3. The van der Waals surface area contributed by atoms with Crippen LogP contribution in [0.2, 0.25) is 10.0 Å². The SMILES string of the molecule is CCOc1cc(/C=C2\SC(=O)N(Cc3c(F)cccc3Cl)C2=O)cc(Cl)c1OCC(=O)Nc1ccccc1. The van der Waals surface area contributed by atoms with E-state index in [1.807, 2.05) is 6.07 Å². The van der Waals surface area contributed by atoms with Gasteiger partial charge in [0.25, 0.3) is 17.1 Å². The van der Waals surface area contributed by atoms with E-state index in [9.17, 15) is 18.8 Å². The van der Waals surface area contributed by atoms with Gasteiger partial charge in [-0.3, -0.25) is 19.3 Å². The van der Waals surface area contributed by atoms with Crippen molar-refractivity contribution in [2.24, 2.45) is 0 Å². The Kier molecular flexibility index (Phi) is 8.93. The molecule has 0 bridgehead atoms. The van der Waals surface area contributed by atoms with E-state index >= 15 is 0 Å². The zero-order valence-corrected chi connectivity index (χ0v) is 22.3. The van der Waals surface area contributed by atoms with Gasteiger partial charge >= 0.3 is 0 Å². The molecule has 3 aromatic carbocycles. The summed E-state index contributed by atoms with van der Waals surface area (Å²) in [5.41, 5.74) is 1.14. The Labute approximate surface area is 232 Å². The van der Waals surface area contributed by atoms with Crippen molar-refractivity contribution in [3.05, 3.63) is 92.6 Å². The highest BCUT2D eigenvalue weighted by molar-refractivity contribution is 8.18. The average molecular weight is 575 g/mol. The smallest absolute Gasteiger partial charge is 0.293 e. The molecule has 3 aromatic rings. The fourth-order valence-corrected chi connectivity index (χ4v) is 4.89. The van der Waals surface area contributed by atoms with E-state index in [4.69, 9.17) is 32.7 Å². The minimum absolute atomic E-state index is 0.0530. The molecule has 38 heavy (non-hydrogen) atoms. The molecule has 196 valence electrons. The molecule has 0 unspecified atom stereocenters. The Hall–Kier alpha value is -3.53. The maximum Gasteiger partial charge on any atom is 0.293 e. The maximum atomic E-state index is 14.2. The molecule has 7 nitrogen and oxygen atoms in total. The quantitative estimate of drug-likeness (QED) is 0.283. The molecule has 11 heteroatoms. The maximum absolute atomic E-state index is 14.2. The van der Waals surface area contributed by atoms with Gasteiger partial charge in [0, 0.05) is 16.3 Å². The van der Waals surface area contributed by atoms with Crippen LogP contribution in [0.25, 0.3) is 6.08 Å². The van der Waals surface area contributed by atoms with Crippen LogP contribution in [0, 0.1) is 5.82 Å². The number of rotatable bonds is 9. The Bertz CT molecular complexity index is 1400. The summed E-state index contributed by atoms with van der Waals surface area (Å²) < 4.78 is 25.5. The van der Waals surface area contributed by atoms with Crippen molar-refractivity contribution in [1.82, 2.24) is 4.90 Å². The standard InChI is InChI=1S/C27H21Cl2FN2O5S/c1-2-36-22-12-16(11-20(29)25(22)37-15-24(33)31-17-7-4-3-5-8-17)13-23-26(34)32(27(35)38-23)14-18-19(28)9-6-10-21(18)30/h3-13H,2,14-15H2,1H3,(H,31,33)/b23-13-. The van der Waals surface area contributed by atoms with Gasteiger partial charge in [0.2, 0.25) is 0 Å². The lowest BCUT2D eigenvalue weighted by Crippen LogP contribution is -2.28. The molecule has 4 rings (SSSR count). The minimum Gasteiger partial charge on any atom is -0.490 e. The first-order valence-electron chi connectivity index (χ1n) is 11.4. The lowest BCUT2D eigenvalue weighted by molar-refractivity contribution is -0.123. The molecule has 0 atom stereocenters. The molecule has 1 saturated heterocycles. The van der Waals surface area contributed by atoms with Gasteiger partial charge in [-0.25, -0.2) is 4.39 Å². The van der Waals surface area contributed by atoms with Gasteiger partial charge in [0.1, 0.15) is 5.82 Å². The fraction of sp³-hybridized carbons (Fsp3) is 0.148. The van der Waals surface area contributed by atoms with E-state index in [-0.39, 0.29) is 57.7 Å². The van der Waals surface area contributed by atoms with Gasteiger partial charge < -0.3 is 14.8 Å². The van der Waals surface area contributed by atoms with E-state index in [1.165, 1.54) is 30.3 Å². The molecule has 0 saturated carbocycles. The number of nitrogens with one attached hydrogen (secondary N) is 1. The van der Waals surface area contributed by atoms with Crippen LogP contribution in [0.15, 0.2) is 65.6 Å². The zero-order valence-electron chi connectivity index (χ0n) is 20.0. The van der Waals surface area contributed by atoms with E-state index in [1.54, 1.807) is 37.3 Å². The number of hydrogen-bond acceptors (Lipinski definition) is 6. The van der Waals surface area contributed by atoms with Crippen LogP contribution in [-0.2, 0) is 16.1 Å². The Morgan fingerprint density at radius 1 is 1.05 bits per heavy atom. The highest BCUT2D eigenvalue weighted by Gasteiger charge is 2.36. The number of halogens is 3. The van der Waals surface area contributed by atoms with Crippen LogP contribution in [0.5, 0.6) is 11.5 Å². The first-order valence-corrected chi connectivity index (χ1v) is 13.0. The summed E-state index contributed by atoms with van der Waals surface area (Å²) in [5.74, 6) is -1.16. The van der Waals surface area contributed by atoms with Crippen molar-refractivity contribution in [1.29, 1.82) is 0 Å². The number of thioether (sulfide) groups is 1. The molecule has 3 amide bonds. The summed E-state index contributed by atoms with van der Waals surface area (Å²) in [4.78, 5) is 38.8. The summed E-state index contributed by atoms with van der Waals surface area (Å²) in [6.45, 7) is 1.44. The van der Waals surface area contributed by atoms with Gasteiger partial charge in [-0.2, -0.15) is 0 Å². The fourth-order valence-electron chi connectivity index (χ4n) is 3.56. The third-order valence-corrected chi connectivity index (χ3v) is 6.83. The third-order valence-electron chi connectivity index (χ3n) is 5.29. The third kappa shape index (κ3) is 6.48. The molecule has 1 N–H and O–H groups in total. The van der Waals surface area contributed by atoms with Crippen molar-refractivity contribution in [2.45, 2.75) is 13.5 Å². The monoisotopic (exact) mass is 574 g/mol.